The van der Waals surface area contributed by atoms with Gasteiger partial charge in [-0.3, -0.25) is 0 Å². The summed E-state index contributed by atoms with van der Waals surface area (Å²) in [5.41, 5.74) is 0.562. The molecule has 0 aliphatic carbocycles. The van der Waals surface area contributed by atoms with Crippen molar-refractivity contribution < 1.29 is 123 Å². The second-order valence-electron chi connectivity index (χ2n) is 5.98. The van der Waals surface area contributed by atoms with Gasteiger partial charge in [-0.25, -0.2) is 0 Å². The molecule has 132 valence electrons. The van der Waals surface area contributed by atoms with Gasteiger partial charge in [0.05, 0.1) is 0 Å². The van der Waals surface area contributed by atoms with Gasteiger partial charge in [0.1, 0.15) is 0 Å². The minimum absolute atomic E-state index is 0. The molecule has 0 N–H and O–H groups in total. The Kier molecular flexibility index (Phi) is 27.6. The summed E-state index contributed by atoms with van der Waals surface area (Å²) in [5, 5.41) is 21.8. The molecule has 0 bridgehead atoms. The molecule has 0 aliphatic heterocycles. The summed E-state index contributed by atoms with van der Waals surface area (Å²) < 4.78 is 0. The molecule has 0 spiro atoms. The van der Waals surface area contributed by atoms with Crippen LogP contribution in [0.15, 0.2) is 24.3 Å². The molecule has 0 aromatic heterocycles. The number of allylic oxidation sites excluding steroid dienone is 2. The summed E-state index contributed by atoms with van der Waals surface area (Å²) in [6, 6.07) is 0. The molecule has 0 fully saturated rings. The smallest absolute Gasteiger partial charge is 0.550 e. The average molecular weight is 401 g/mol. The molecular formula is C19H30K2O4. The van der Waals surface area contributed by atoms with E-state index in [-0.39, 0.29) is 103 Å². The number of hydrogen-bond donors (Lipinski definition) is 0. The van der Waals surface area contributed by atoms with Gasteiger partial charge >= 0.3 is 103 Å². The largest absolute Gasteiger partial charge is 1.00 e. The van der Waals surface area contributed by atoms with E-state index >= 15 is 0 Å². The van der Waals surface area contributed by atoms with Crippen LogP contribution in [0.2, 0.25) is 0 Å². The Morgan fingerprint density at radius 1 is 0.960 bits per heavy atom. The molecule has 0 amide bonds. The third-order valence-electron chi connectivity index (χ3n) is 3.95. The molecule has 6 heteroatoms. The molecule has 25 heavy (non-hydrogen) atoms. The maximum atomic E-state index is 11.1. The van der Waals surface area contributed by atoms with E-state index in [4.69, 9.17) is 0 Å². The molecule has 1 unspecified atom stereocenters. The van der Waals surface area contributed by atoms with Gasteiger partial charge in [0.15, 0.2) is 0 Å². The first-order chi connectivity index (χ1) is 11.0. The maximum absolute atomic E-state index is 11.1. The summed E-state index contributed by atoms with van der Waals surface area (Å²) >= 11 is 0. The number of rotatable bonds is 15. The van der Waals surface area contributed by atoms with Crippen LogP contribution in [0.25, 0.3) is 0 Å². The molecule has 0 heterocycles. The fourth-order valence-electron chi connectivity index (χ4n) is 2.63. The molecule has 0 aromatic carbocycles. The second kappa shape index (κ2) is 22.0. The maximum Gasteiger partial charge on any atom is 1.00 e. The number of carboxylic acids is 2. The van der Waals surface area contributed by atoms with E-state index in [1.165, 1.54) is 38.5 Å². The van der Waals surface area contributed by atoms with Crippen LogP contribution in [0.4, 0.5) is 0 Å². The topological polar surface area (TPSA) is 80.3 Å². The Labute approximate surface area is 238 Å². The minimum atomic E-state index is -1.37. The summed E-state index contributed by atoms with van der Waals surface area (Å²) in [6.07, 6.45) is 13.7. The number of hydrogen-bond acceptors (Lipinski definition) is 4. The first-order valence-electron chi connectivity index (χ1n) is 8.73. The number of carbonyl (C=O) groups excluding carboxylic acids is 2. The van der Waals surface area contributed by atoms with Gasteiger partial charge in [-0.15, -0.1) is 6.58 Å². The molecular weight excluding hydrogens is 370 g/mol. The van der Waals surface area contributed by atoms with Crippen LogP contribution < -0.4 is 113 Å². The Hall–Kier alpha value is 1.69. The second-order valence-corrected chi connectivity index (χ2v) is 5.98. The van der Waals surface area contributed by atoms with Gasteiger partial charge in [-0.2, -0.15) is 0 Å². The summed E-state index contributed by atoms with van der Waals surface area (Å²) in [4.78, 5) is 21.8. The van der Waals surface area contributed by atoms with E-state index < -0.39 is 24.3 Å². The normalized spacial score (nSPS) is 11.8. The van der Waals surface area contributed by atoms with Crippen LogP contribution in [0.5, 0.6) is 0 Å². The zero-order chi connectivity index (χ0) is 17.5. The van der Waals surface area contributed by atoms with Crippen LogP contribution in [0, 0.1) is 5.92 Å². The van der Waals surface area contributed by atoms with Crippen LogP contribution in [-0.4, -0.2) is 11.9 Å². The Morgan fingerprint density at radius 2 is 1.48 bits per heavy atom. The van der Waals surface area contributed by atoms with E-state index in [2.05, 4.69) is 13.5 Å². The molecule has 0 aliphatic rings. The predicted octanol–water partition coefficient (Wildman–Crippen LogP) is -3.47. The molecule has 0 aromatic rings. The predicted molar refractivity (Wildman–Crippen MR) is 88.2 cm³/mol. The quantitative estimate of drug-likeness (QED) is 0.163. The van der Waals surface area contributed by atoms with Crippen molar-refractivity contribution in [2.45, 2.75) is 77.6 Å². The van der Waals surface area contributed by atoms with Crippen molar-refractivity contribution >= 4 is 11.9 Å². The summed E-state index contributed by atoms with van der Waals surface area (Å²) in [6.45, 7) is 5.80. The van der Waals surface area contributed by atoms with Gasteiger partial charge in [0, 0.05) is 17.9 Å². The van der Waals surface area contributed by atoms with Crippen molar-refractivity contribution in [2.24, 2.45) is 5.92 Å². The van der Waals surface area contributed by atoms with Crippen LogP contribution in [-0.2, 0) is 9.59 Å². The Morgan fingerprint density at radius 3 is 1.92 bits per heavy atom. The van der Waals surface area contributed by atoms with Gasteiger partial charge in [0.2, 0.25) is 0 Å². The summed E-state index contributed by atoms with van der Waals surface area (Å²) in [5.74, 6) is -3.86. The van der Waals surface area contributed by atoms with Gasteiger partial charge in [0.25, 0.3) is 0 Å². The van der Waals surface area contributed by atoms with Gasteiger partial charge in [-0.1, -0.05) is 69.6 Å². The summed E-state index contributed by atoms with van der Waals surface area (Å²) in [7, 11) is 0. The van der Waals surface area contributed by atoms with Gasteiger partial charge in [-0.05, 0) is 25.7 Å². The molecule has 0 radical (unpaired) electrons. The van der Waals surface area contributed by atoms with Crippen LogP contribution in [0.1, 0.15) is 77.6 Å². The van der Waals surface area contributed by atoms with E-state index in [0.717, 1.165) is 19.3 Å². The minimum Gasteiger partial charge on any atom is -0.550 e. The SMILES string of the molecule is C=CC/C(=C\CCCCCCCCCC)C(CC(=O)[O-])C(=O)[O-].[K+].[K+]. The van der Waals surface area contributed by atoms with Crippen molar-refractivity contribution in [1.82, 2.24) is 0 Å². The number of aliphatic carboxylic acids is 2. The molecule has 0 saturated heterocycles. The number of carbonyl (C=O) groups is 2. The van der Waals surface area contributed by atoms with E-state index in [1.54, 1.807) is 6.08 Å². The first-order valence-corrected chi connectivity index (χ1v) is 8.73. The van der Waals surface area contributed by atoms with Crippen molar-refractivity contribution in [3.05, 3.63) is 24.3 Å². The zero-order valence-corrected chi connectivity index (χ0v) is 22.6. The van der Waals surface area contributed by atoms with Gasteiger partial charge < -0.3 is 19.8 Å². The number of carboxylic acid groups (broad SMARTS) is 2. The average Bonchev–Trinajstić information content (AvgIpc) is 2.49. The van der Waals surface area contributed by atoms with Crippen molar-refractivity contribution in [3.63, 3.8) is 0 Å². The number of unbranched alkanes of at least 4 members (excludes halogenated alkanes) is 8. The third kappa shape index (κ3) is 18.8. The van der Waals surface area contributed by atoms with E-state index in [0.29, 0.717) is 12.0 Å². The third-order valence-corrected chi connectivity index (χ3v) is 3.95. The van der Waals surface area contributed by atoms with E-state index in [1.807, 2.05) is 6.08 Å². The van der Waals surface area contributed by atoms with Crippen LogP contribution in [0.3, 0.4) is 0 Å². The molecule has 4 nitrogen and oxygen atoms in total. The standard InChI is InChI=1S/C19H32O4.2K/c1-3-5-6-7-8-9-10-11-12-14-16(13-4-2)17(19(22)23)15-18(20)21;;/h4,14,17H,2-3,5-13,15H2,1H3,(H,20,21)(H,22,23);;/q;2*+1/p-2/b16-14+;;. The van der Waals surface area contributed by atoms with Crippen molar-refractivity contribution in [3.8, 4) is 0 Å². The first kappa shape index (κ1) is 31.4. The fourth-order valence-corrected chi connectivity index (χ4v) is 2.63. The van der Waals surface area contributed by atoms with E-state index in [9.17, 15) is 19.8 Å². The Bertz CT molecular complexity index is 395. The molecule has 0 saturated carbocycles. The van der Waals surface area contributed by atoms with Crippen LogP contribution >= 0.6 is 0 Å². The van der Waals surface area contributed by atoms with Crippen molar-refractivity contribution in [2.75, 3.05) is 0 Å². The molecule has 0 rings (SSSR count). The molecule has 1 atom stereocenters. The van der Waals surface area contributed by atoms with Crippen molar-refractivity contribution in [1.29, 1.82) is 0 Å². The fraction of sp³-hybridized carbons (Fsp3) is 0.684. The Balaban J connectivity index is -0.00000242. The monoisotopic (exact) mass is 400 g/mol. The zero-order valence-electron chi connectivity index (χ0n) is 16.4.